The van der Waals surface area contributed by atoms with E-state index in [2.05, 4.69) is 15.9 Å². The van der Waals surface area contributed by atoms with E-state index in [9.17, 15) is 10.1 Å². The van der Waals surface area contributed by atoms with Crippen LogP contribution in [-0.2, 0) is 5.88 Å². The van der Waals surface area contributed by atoms with Crippen molar-refractivity contribution in [2.75, 3.05) is 7.11 Å². The van der Waals surface area contributed by atoms with Gasteiger partial charge in [0.15, 0.2) is 11.5 Å². The first-order valence-corrected chi connectivity index (χ1v) is 7.22. The summed E-state index contributed by atoms with van der Waals surface area (Å²) < 4.78 is 11.6. The maximum atomic E-state index is 10.7. The molecule has 0 fully saturated rings. The first kappa shape index (κ1) is 15.6. The molecule has 2 aromatic rings. The molecular weight excluding hydrogens is 362 g/mol. The van der Waals surface area contributed by atoms with Crippen molar-refractivity contribution in [1.82, 2.24) is 0 Å². The molecule has 0 heterocycles. The van der Waals surface area contributed by atoms with E-state index in [1.54, 1.807) is 12.1 Å². The van der Waals surface area contributed by atoms with Gasteiger partial charge in [0.05, 0.1) is 18.1 Å². The number of rotatable bonds is 5. The van der Waals surface area contributed by atoms with Crippen LogP contribution in [0.15, 0.2) is 40.9 Å². The molecule has 0 bridgehead atoms. The fourth-order valence-corrected chi connectivity index (χ4v) is 2.57. The third-order valence-corrected chi connectivity index (χ3v) is 3.78. The van der Waals surface area contributed by atoms with E-state index in [0.29, 0.717) is 23.1 Å². The minimum Gasteiger partial charge on any atom is -0.493 e. The Morgan fingerprint density at radius 2 is 2.00 bits per heavy atom. The van der Waals surface area contributed by atoms with E-state index in [0.717, 1.165) is 10.0 Å². The highest BCUT2D eigenvalue weighted by molar-refractivity contribution is 9.10. The number of ether oxygens (including phenoxy) is 2. The Kier molecular flexibility index (Phi) is 5.03. The summed E-state index contributed by atoms with van der Waals surface area (Å²) in [5.74, 6) is 1.65. The molecule has 0 aromatic heterocycles. The Morgan fingerprint density at radius 3 is 2.57 bits per heavy atom. The lowest BCUT2D eigenvalue weighted by Crippen LogP contribution is -1.94. The van der Waals surface area contributed by atoms with E-state index >= 15 is 0 Å². The lowest BCUT2D eigenvalue weighted by Gasteiger charge is -2.11. The van der Waals surface area contributed by atoms with Crippen molar-refractivity contribution < 1.29 is 14.4 Å². The predicted octanol–water partition coefficient (Wildman–Crippen LogP) is 4.90. The standard InChI is InChI=1S/C14H11BrClNO4/c1-20-14-6-10(17(18)19)3-5-13(14)21-11-4-2-9(8-16)12(15)7-11/h2-7H,8H2,1H3. The van der Waals surface area contributed by atoms with Gasteiger partial charge in [-0.1, -0.05) is 22.0 Å². The fraction of sp³-hybridized carbons (Fsp3) is 0.143. The Hall–Kier alpha value is -1.79. The summed E-state index contributed by atoms with van der Waals surface area (Å²) >= 11 is 9.19. The van der Waals surface area contributed by atoms with Gasteiger partial charge in [0, 0.05) is 16.4 Å². The van der Waals surface area contributed by atoms with Crippen LogP contribution in [0.5, 0.6) is 17.2 Å². The van der Waals surface area contributed by atoms with E-state index in [-0.39, 0.29) is 5.69 Å². The van der Waals surface area contributed by atoms with Crippen LogP contribution < -0.4 is 9.47 Å². The number of hydrogen-bond donors (Lipinski definition) is 0. The lowest BCUT2D eigenvalue weighted by atomic mass is 10.2. The minimum atomic E-state index is -0.488. The van der Waals surface area contributed by atoms with Crippen LogP contribution in [0.1, 0.15) is 5.56 Å². The second kappa shape index (κ2) is 6.78. The lowest BCUT2D eigenvalue weighted by molar-refractivity contribution is -0.384. The van der Waals surface area contributed by atoms with Crippen LogP contribution >= 0.6 is 27.5 Å². The maximum Gasteiger partial charge on any atom is 0.273 e. The molecule has 0 amide bonds. The van der Waals surface area contributed by atoms with E-state index < -0.39 is 4.92 Å². The number of benzene rings is 2. The Balaban J connectivity index is 2.30. The molecule has 7 heteroatoms. The molecule has 0 atom stereocenters. The number of methoxy groups -OCH3 is 1. The van der Waals surface area contributed by atoms with Crippen LogP contribution in [0, 0.1) is 10.1 Å². The summed E-state index contributed by atoms with van der Waals surface area (Å²) in [5, 5.41) is 10.7. The van der Waals surface area contributed by atoms with Crippen molar-refractivity contribution in [2.45, 2.75) is 5.88 Å². The second-order valence-electron chi connectivity index (χ2n) is 4.08. The quantitative estimate of drug-likeness (QED) is 0.425. The summed E-state index contributed by atoms with van der Waals surface area (Å²) in [6, 6.07) is 9.56. The SMILES string of the molecule is COc1cc([N+](=O)[O-])ccc1Oc1ccc(CCl)c(Br)c1. The van der Waals surface area contributed by atoms with Gasteiger partial charge in [-0.3, -0.25) is 10.1 Å². The van der Waals surface area contributed by atoms with E-state index in [4.69, 9.17) is 21.1 Å². The maximum absolute atomic E-state index is 10.7. The van der Waals surface area contributed by atoms with Gasteiger partial charge in [-0.2, -0.15) is 0 Å². The van der Waals surface area contributed by atoms with Crippen molar-refractivity contribution in [3.05, 3.63) is 56.5 Å². The van der Waals surface area contributed by atoms with Gasteiger partial charge in [-0.05, 0) is 23.8 Å². The molecule has 110 valence electrons. The highest BCUT2D eigenvalue weighted by Gasteiger charge is 2.13. The summed E-state index contributed by atoms with van der Waals surface area (Å²) in [6.45, 7) is 0. The normalized spacial score (nSPS) is 10.2. The Labute approximate surface area is 134 Å². The monoisotopic (exact) mass is 371 g/mol. The first-order chi connectivity index (χ1) is 10.0. The number of nitrogens with zero attached hydrogens (tertiary/aromatic N) is 1. The zero-order valence-corrected chi connectivity index (χ0v) is 13.3. The van der Waals surface area contributed by atoms with Gasteiger partial charge in [0.2, 0.25) is 0 Å². The summed E-state index contributed by atoms with van der Waals surface area (Å²) in [6.07, 6.45) is 0. The molecule has 5 nitrogen and oxygen atoms in total. The molecule has 0 aliphatic rings. The van der Waals surface area contributed by atoms with Gasteiger partial charge in [0.1, 0.15) is 5.75 Å². The van der Waals surface area contributed by atoms with Crippen LogP contribution in [-0.4, -0.2) is 12.0 Å². The number of non-ortho nitro benzene ring substituents is 1. The first-order valence-electron chi connectivity index (χ1n) is 5.90. The highest BCUT2D eigenvalue weighted by atomic mass is 79.9. The number of halogens is 2. The number of hydrogen-bond acceptors (Lipinski definition) is 4. The Morgan fingerprint density at radius 1 is 1.24 bits per heavy atom. The van der Waals surface area contributed by atoms with Crippen LogP contribution in [0.3, 0.4) is 0 Å². The van der Waals surface area contributed by atoms with Crippen molar-refractivity contribution in [3.63, 3.8) is 0 Å². The molecule has 0 spiro atoms. The largest absolute Gasteiger partial charge is 0.493 e. The van der Waals surface area contributed by atoms with E-state index in [1.165, 1.54) is 25.3 Å². The molecule has 0 unspecified atom stereocenters. The van der Waals surface area contributed by atoms with Crippen molar-refractivity contribution in [1.29, 1.82) is 0 Å². The predicted molar refractivity (Wildman–Crippen MR) is 83.4 cm³/mol. The van der Waals surface area contributed by atoms with Crippen LogP contribution in [0.4, 0.5) is 5.69 Å². The van der Waals surface area contributed by atoms with E-state index in [1.807, 2.05) is 6.07 Å². The molecule has 21 heavy (non-hydrogen) atoms. The molecule has 0 N–H and O–H groups in total. The third-order valence-electron chi connectivity index (χ3n) is 2.75. The van der Waals surface area contributed by atoms with Crippen molar-refractivity contribution >= 4 is 33.2 Å². The topological polar surface area (TPSA) is 61.6 Å². The molecule has 0 aliphatic heterocycles. The molecular formula is C14H11BrClNO4. The number of nitro benzene ring substituents is 1. The summed E-state index contributed by atoms with van der Waals surface area (Å²) in [4.78, 5) is 10.3. The van der Waals surface area contributed by atoms with Crippen molar-refractivity contribution in [2.24, 2.45) is 0 Å². The number of alkyl halides is 1. The minimum absolute atomic E-state index is 0.0575. The molecule has 2 aromatic carbocycles. The summed E-state index contributed by atoms with van der Waals surface area (Å²) in [7, 11) is 1.43. The van der Waals surface area contributed by atoms with Crippen molar-refractivity contribution in [3.8, 4) is 17.2 Å². The average molecular weight is 373 g/mol. The average Bonchev–Trinajstić information content (AvgIpc) is 2.47. The third kappa shape index (κ3) is 3.65. The van der Waals surface area contributed by atoms with Crippen LogP contribution in [0.25, 0.3) is 0 Å². The molecule has 0 saturated heterocycles. The smallest absolute Gasteiger partial charge is 0.273 e. The van der Waals surface area contributed by atoms with Gasteiger partial charge in [0.25, 0.3) is 5.69 Å². The second-order valence-corrected chi connectivity index (χ2v) is 5.20. The summed E-state index contributed by atoms with van der Waals surface area (Å²) in [5.41, 5.74) is 0.887. The zero-order chi connectivity index (χ0) is 15.4. The van der Waals surface area contributed by atoms with Gasteiger partial charge in [-0.15, -0.1) is 11.6 Å². The number of nitro groups is 1. The fourth-order valence-electron chi connectivity index (χ4n) is 1.68. The Bertz CT molecular complexity index is 678. The molecule has 0 saturated carbocycles. The van der Waals surface area contributed by atoms with Gasteiger partial charge in [-0.25, -0.2) is 0 Å². The molecule has 2 rings (SSSR count). The van der Waals surface area contributed by atoms with Gasteiger partial charge < -0.3 is 9.47 Å². The molecule has 0 aliphatic carbocycles. The highest BCUT2D eigenvalue weighted by Crippen LogP contribution is 2.35. The van der Waals surface area contributed by atoms with Crippen LogP contribution in [0.2, 0.25) is 0 Å². The van der Waals surface area contributed by atoms with Gasteiger partial charge >= 0.3 is 0 Å². The zero-order valence-electron chi connectivity index (χ0n) is 11.0. The molecule has 0 radical (unpaired) electrons.